The lowest BCUT2D eigenvalue weighted by Crippen LogP contribution is -2.19. The second-order valence-corrected chi connectivity index (χ2v) is 10.9. The van der Waals surface area contributed by atoms with Crippen LogP contribution in [0.25, 0.3) is 16.9 Å². The standard InChI is InChI=1S/C30H24ClN5O4S/c1-40-27-16-10-21(11-17-27)29-23(20-36(34-29)26-7-3-2-4-8-26)19-32-33-30(37)22-6-5-9-28(18-22)41(38,39)35-25-14-12-24(31)13-15-25/h2-20,35H,1H3,(H,33,37)/b32-19-. The molecule has 0 aliphatic rings. The van der Waals surface area contributed by atoms with Gasteiger partial charge in [0.15, 0.2) is 0 Å². The van der Waals surface area contributed by atoms with Crippen LogP contribution in [0.5, 0.6) is 5.75 Å². The third-order valence-corrected chi connectivity index (χ3v) is 7.63. The Labute approximate surface area is 242 Å². The zero-order valence-corrected chi connectivity index (χ0v) is 23.3. The van der Waals surface area contributed by atoms with Crippen LogP contribution in [0.3, 0.4) is 0 Å². The van der Waals surface area contributed by atoms with E-state index >= 15 is 0 Å². The number of benzene rings is 4. The highest BCUT2D eigenvalue weighted by Crippen LogP contribution is 2.25. The maximum absolute atomic E-state index is 12.9. The number of para-hydroxylation sites is 1. The summed E-state index contributed by atoms with van der Waals surface area (Å²) >= 11 is 5.87. The Bertz CT molecular complexity index is 1800. The van der Waals surface area contributed by atoms with E-state index in [-0.39, 0.29) is 10.5 Å². The van der Waals surface area contributed by atoms with Gasteiger partial charge in [-0.25, -0.2) is 18.5 Å². The lowest BCUT2D eigenvalue weighted by Gasteiger charge is -2.09. The molecule has 0 saturated heterocycles. The summed E-state index contributed by atoms with van der Waals surface area (Å²) in [5.41, 5.74) is 5.93. The number of carbonyl (C=O) groups is 1. The normalized spacial score (nSPS) is 11.4. The second-order valence-electron chi connectivity index (χ2n) is 8.78. The lowest BCUT2D eigenvalue weighted by atomic mass is 10.1. The highest BCUT2D eigenvalue weighted by molar-refractivity contribution is 7.92. The summed E-state index contributed by atoms with van der Waals surface area (Å²) in [5.74, 6) is 0.137. The van der Waals surface area contributed by atoms with Crippen molar-refractivity contribution >= 4 is 39.4 Å². The minimum atomic E-state index is -3.94. The highest BCUT2D eigenvalue weighted by atomic mass is 35.5. The fourth-order valence-electron chi connectivity index (χ4n) is 3.93. The lowest BCUT2D eigenvalue weighted by molar-refractivity contribution is 0.0955. The van der Waals surface area contributed by atoms with Gasteiger partial charge in [-0.05, 0) is 78.9 Å². The Balaban J connectivity index is 1.36. The molecule has 0 bridgehead atoms. The van der Waals surface area contributed by atoms with E-state index in [9.17, 15) is 13.2 Å². The molecule has 5 rings (SSSR count). The number of ether oxygens (including phenoxy) is 1. The fourth-order valence-corrected chi connectivity index (χ4v) is 5.16. The van der Waals surface area contributed by atoms with Crippen LogP contribution in [-0.2, 0) is 10.0 Å². The molecule has 0 aliphatic heterocycles. The number of hydrogen-bond acceptors (Lipinski definition) is 6. The molecule has 1 aromatic heterocycles. The van der Waals surface area contributed by atoms with Crippen molar-refractivity contribution in [1.29, 1.82) is 0 Å². The number of methoxy groups -OCH3 is 1. The molecular weight excluding hydrogens is 562 g/mol. The summed E-state index contributed by atoms with van der Waals surface area (Å²) < 4.78 is 35.2. The third kappa shape index (κ3) is 6.63. The number of sulfonamides is 1. The number of aromatic nitrogens is 2. The van der Waals surface area contributed by atoms with Gasteiger partial charge in [-0.3, -0.25) is 9.52 Å². The van der Waals surface area contributed by atoms with E-state index < -0.39 is 15.9 Å². The van der Waals surface area contributed by atoms with Crippen molar-refractivity contribution in [2.75, 3.05) is 11.8 Å². The third-order valence-electron chi connectivity index (χ3n) is 6.00. The second kappa shape index (κ2) is 12.1. The van der Waals surface area contributed by atoms with Crippen LogP contribution in [0, 0.1) is 0 Å². The first-order chi connectivity index (χ1) is 19.8. The molecule has 9 nitrogen and oxygen atoms in total. The number of nitrogens with one attached hydrogen (secondary N) is 2. The predicted molar refractivity (Wildman–Crippen MR) is 159 cm³/mol. The molecule has 0 fully saturated rings. The van der Waals surface area contributed by atoms with Gasteiger partial charge in [0.05, 0.1) is 23.9 Å². The molecule has 206 valence electrons. The molecule has 0 spiro atoms. The molecule has 2 N–H and O–H groups in total. The van der Waals surface area contributed by atoms with Gasteiger partial charge in [-0.2, -0.15) is 10.2 Å². The maximum Gasteiger partial charge on any atom is 0.271 e. The Morgan fingerprint density at radius 1 is 0.951 bits per heavy atom. The van der Waals surface area contributed by atoms with Gasteiger partial charge in [0.1, 0.15) is 11.4 Å². The number of carbonyl (C=O) groups excluding carboxylic acids is 1. The van der Waals surface area contributed by atoms with Crippen LogP contribution < -0.4 is 14.9 Å². The van der Waals surface area contributed by atoms with Crippen LogP contribution in [0.15, 0.2) is 119 Å². The number of hydrazone groups is 1. The Morgan fingerprint density at radius 2 is 1.68 bits per heavy atom. The smallest absolute Gasteiger partial charge is 0.271 e. The van der Waals surface area contributed by atoms with Crippen molar-refractivity contribution in [2.24, 2.45) is 5.10 Å². The van der Waals surface area contributed by atoms with Crippen LogP contribution in [0.1, 0.15) is 15.9 Å². The SMILES string of the molecule is COc1ccc(-c2nn(-c3ccccc3)cc2/C=N\NC(=O)c2cccc(S(=O)(=O)Nc3ccc(Cl)cc3)c2)cc1. The van der Waals surface area contributed by atoms with E-state index in [4.69, 9.17) is 21.4 Å². The molecule has 41 heavy (non-hydrogen) atoms. The van der Waals surface area contributed by atoms with E-state index in [0.717, 1.165) is 11.3 Å². The molecule has 5 aromatic rings. The number of hydrogen-bond donors (Lipinski definition) is 2. The number of anilines is 1. The first kappa shape index (κ1) is 27.6. The molecule has 1 amide bonds. The zero-order chi connectivity index (χ0) is 28.8. The molecule has 1 heterocycles. The average molecular weight is 586 g/mol. The molecule has 0 aliphatic carbocycles. The number of amides is 1. The van der Waals surface area contributed by atoms with E-state index in [1.54, 1.807) is 42.3 Å². The van der Waals surface area contributed by atoms with Crippen LogP contribution in [-0.4, -0.2) is 37.4 Å². The Kier molecular flexibility index (Phi) is 8.14. The summed E-state index contributed by atoms with van der Waals surface area (Å²) in [6.45, 7) is 0. The van der Waals surface area contributed by atoms with Gasteiger partial charge in [0.2, 0.25) is 0 Å². The zero-order valence-electron chi connectivity index (χ0n) is 21.7. The highest BCUT2D eigenvalue weighted by Gasteiger charge is 2.17. The van der Waals surface area contributed by atoms with Gasteiger partial charge < -0.3 is 4.74 Å². The van der Waals surface area contributed by atoms with Crippen molar-refractivity contribution < 1.29 is 17.9 Å². The van der Waals surface area contributed by atoms with Gasteiger partial charge in [0.25, 0.3) is 15.9 Å². The van der Waals surface area contributed by atoms with Crippen LogP contribution in [0.2, 0.25) is 5.02 Å². The molecule has 0 saturated carbocycles. The van der Waals surface area contributed by atoms with E-state index in [0.29, 0.717) is 27.7 Å². The Hall–Kier alpha value is -4.93. The summed E-state index contributed by atoms with van der Waals surface area (Å²) in [6.07, 6.45) is 3.30. The summed E-state index contributed by atoms with van der Waals surface area (Å²) in [5, 5.41) is 9.35. The molecule has 0 unspecified atom stereocenters. The molecule has 11 heteroatoms. The van der Waals surface area contributed by atoms with Crippen molar-refractivity contribution in [3.63, 3.8) is 0 Å². The number of rotatable bonds is 9. The fraction of sp³-hybridized carbons (Fsp3) is 0.0333. The van der Waals surface area contributed by atoms with Crippen molar-refractivity contribution in [2.45, 2.75) is 4.90 Å². The van der Waals surface area contributed by atoms with Gasteiger partial charge in [-0.15, -0.1) is 0 Å². The molecule has 0 radical (unpaired) electrons. The molecular formula is C30H24ClN5O4S. The predicted octanol–water partition coefficient (Wildman–Crippen LogP) is 5.77. The van der Waals surface area contributed by atoms with Crippen LogP contribution >= 0.6 is 11.6 Å². The van der Waals surface area contributed by atoms with E-state index in [2.05, 4.69) is 15.2 Å². The first-order valence-electron chi connectivity index (χ1n) is 12.3. The van der Waals surface area contributed by atoms with E-state index in [1.165, 1.54) is 30.5 Å². The summed E-state index contributed by atoms with van der Waals surface area (Å²) in [6, 6.07) is 29.0. The first-order valence-corrected chi connectivity index (χ1v) is 14.2. The quantitative estimate of drug-likeness (QED) is 0.168. The number of nitrogens with zero attached hydrogens (tertiary/aromatic N) is 3. The van der Waals surface area contributed by atoms with E-state index in [1.807, 2.05) is 54.6 Å². The van der Waals surface area contributed by atoms with Crippen molar-refractivity contribution in [3.8, 4) is 22.7 Å². The minimum Gasteiger partial charge on any atom is -0.497 e. The van der Waals surface area contributed by atoms with Gasteiger partial charge >= 0.3 is 0 Å². The summed E-state index contributed by atoms with van der Waals surface area (Å²) in [4.78, 5) is 12.8. The van der Waals surface area contributed by atoms with Crippen molar-refractivity contribution in [3.05, 3.63) is 125 Å². The molecule has 4 aromatic carbocycles. The number of halogens is 1. The van der Waals surface area contributed by atoms with Gasteiger partial charge in [0, 0.05) is 33.6 Å². The monoisotopic (exact) mass is 585 g/mol. The van der Waals surface area contributed by atoms with Gasteiger partial charge in [-0.1, -0.05) is 35.9 Å². The molecule has 0 atom stereocenters. The minimum absolute atomic E-state index is 0.0741. The maximum atomic E-state index is 12.9. The Morgan fingerprint density at radius 3 is 2.39 bits per heavy atom. The largest absolute Gasteiger partial charge is 0.497 e. The summed E-state index contributed by atoms with van der Waals surface area (Å²) in [7, 11) is -2.34. The topological polar surface area (TPSA) is 115 Å². The van der Waals surface area contributed by atoms with Crippen molar-refractivity contribution in [1.82, 2.24) is 15.2 Å². The average Bonchev–Trinajstić information content (AvgIpc) is 3.43. The van der Waals surface area contributed by atoms with Crippen LogP contribution in [0.4, 0.5) is 5.69 Å².